The molecule has 1 aromatic heterocycles. The summed E-state index contributed by atoms with van der Waals surface area (Å²) in [5.74, 6) is 2.96. The zero-order valence-electron chi connectivity index (χ0n) is 16.1. The Hall–Kier alpha value is -2.53. The zero-order chi connectivity index (χ0) is 19.2. The number of rotatable bonds is 7. The molecule has 3 rings (SSSR count). The van der Waals surface area contributed by atoms with Gasteiger partial charge in [0.05, 0.1) is 12.8 Å². The van der Waals surface area contributed by atoms with Gasteiger partial charge < -0.3 is 9.47 Å². The molecule has 140 valence electrons. The molecule has 3 aromatic rings. The van der Waals surface area contributed by atoms with E-state index in [1.165, 1.54) is 11.1 Å². The topological polar surface area (TPSA) is 44.2 Å². The summed E-state index contributed by atoms with van der Waals surface area (Å²) in [5.41, 5.74) is 3.52. The van der Waals surface area contributed by atoms with Crippen molar-refractivity contribution in [3.63, 3.8) is 0 Å². The van der Waals surface area contributed by atoms with E-state index in [0.29, 0.717) is 22.5 Å². The van der Waals surface area contributed by atoms with Crippen LogP contribution in [0.25, 0.3) is 0 Å². The predicted octanol–water partition coefficient (Wildman–Crippen LogP) is 6.00. The lowest BCUT2D eigenvalue weighted by molar-refractivity contribution is 0.372. The Morgan fingerprint density at radius 3 is 2.37 bits per heavy atom. The number of methoxy groups -OCH3 is 1. The van der Waals surface area contributed by atoms with Crippen LogP contribution in [0.2, 0.25) is 0 Å². The molecular weight excluding hydrogens is 356 g/mol. The standard InChI is InChI=1S/C22H24N2O2S/c1-15(2)18-13-21(26-20-12-8-7-11-19(20)25-4)24-22(23-18)27-14-17-10-6-5-9-16(17)3/h5-13,15H,14H2,1-4H3. The average molecular weight is 381 g/mol. The third-order valence-corrected chi connectivity index (χ3v) is 5.09. The van der Waals surface area contributed by atoms with Crippen LogP contribution in [-0.2, 0) is 5.75 Å². The van der Waals surface area contributed by atoms with Crippen LogP contribution >= 0.6 is 11.8 Å². The highest BCUT2D eigenvalue weighted by atomic mass is 32.2. The molecule has 0 saturated carbocycles. The summed E-state index contributed by atoms with van der Waals surface area (Å²) >= 11 is 1.62. The maximum Gasteiger partial charge on any atom is 0.223 e. The van der Waals surface area contributed by atoms with Crippen LogP contribution < -0.4 is 9.47 Å². The minimum atomic E-state index is 0.283. The number of aryl methyl sites for hydroxylation is 1. The van der Waals surface area contributed by atoms with Crippen molar-refractivity contribution in [3.05, 3.63) is 71.4 Å². The second-order valence-electron chi connectivity index (χ2n) is 6.54. The molecule has 0 bridgehead atoms. The molecule has 5 heteroatoms. The van der Waals surface area contributed by atoms with Gasteiger partial charge in [-0.25, -0.2) is 4.98 Å². The summed E-state index contributed by atoms with van der Waals surface area (Å²) in [4.78, 5) is 9.31. The Bertz CT molecular complexity index is 912. The van der Waals surface area contributed by atoms with E-state index in [-0.39, 0.29) is 5.92 Å². The van der Waals surface area contributed by atoms with Gasteiger partial charge in [-0.1, -0.05) is 62.0 Å². The van der Waals surface area contributed by atoms with Crippen LogP contribution in [0, 0.1) is 6.92 Å². The highest BCUT2D eigenvalue weighted by Gasteiger charge is 2.12. The molecule has 0 N–H and O–H groups in total. The van der Waals surface area contributed by atoms with Crippen molar-refractivity contribution in [2.45, 2.75) is 37.6 Å². The summed E-state index contributed by atoms with van der Waals surface area (Å²) in [6, 6.07) is 17.8. The molecule has 4 nitrogen and oxygen atoms in total. The van der Waals surface area contributed by atoms with E-state index in [0.717, 1.165) is 11.4 Å². The molecule has 0 radical (unpaired) electrons. The maximum atomic E-state index is 6.02. The molecule has 0 spiro atoms. The second-order valence-corrected chi connectivity index (χ2v) is 7.48. The van der Waals surface area contributed by atoms with Crippen LogP contribution in [0.5, 0.6) is 17.4 Å². The van der Waals surface area contributed by atoms with Crippen molar-refractivity contribution >= 4 is 11.8 Å². The van der Waals surface area contributed by atoms with Crippen LogP contribution in [0.1, 0.15) is 36.6 Å². The van der Waals surface area contributed by atoms with Gasteiger partial charge >= 0.3 is 0 Å². The summed E-state index contributed by atoms with van der Waals surface area (Å²) in [7, 11) is 1.63. The molecule has 0 amide bonds. The first kappa shape index (κ1) is 19.2. The fourth-order valence-corrected chi connectivity index (χ4v) is 3.50. The molecule has 0 aliphatic heterocycles. The van der Waals surface area contributed by atoms with Gasteiger partial charge in [0.25, 0.3) is 0 Å². The first-order valence-electron chi connectivity index (χ1n) is 8.94. The molecule has 1 heterocycles. The fraction of sp³-hybridized carbons (Fsp3) is 0.273. The molecule has 0 atom stereocenters. The number of aromatic nitrogens is 2. The molecule has 0 aliphatic carbocycles. The van der Waals surface area contributed by atoms with E-state index < -0.39 is 0 Å². The van der Waals surface area contributed by atoms with Crippen LogP contribution in [-0.4, -0.2) is 17.1 Å². The zero-order valence-corrected chi connectivity index (χ0v) is 16.9. The highest BCUT2D eigenvalue weighted by Crippen LogP contribution is 2.32. The number of para-hydroxylation sites is 2. The van der Waals surface area contributed by atoms with Crippen molar-refractivity contribution in [2.24, 2.45) is 0 Å². The quantitative estimate of drug-likeness (QED) is 0.371. The largest absolute Gasteiger partial charge is 0.493 e. The molecule has 0 fully saturated rings. The van der Waals surface area contributed by atoms with Gasteiger partial charge in [-0.2, -0.15) is 4.98 Å². The van der Waals surface area contributed by atoms with Gasteiger partial charge in [-0.15, -0.1) is 0 Å². The van der Waals surface area contributed by atoms with E-state index in [1.807, 2.05) is 30.3 Å². The van der Waals surface area contributed by atoms with E-state index in [9.17, 15) is 0 Å². The van der Waals surface area contributed by atoms with Crippen molar-refractivity contribution in [1.82, 2.24) is 9.97 Å². The normalized spacial score (nSPS) is 10.9. The van der Waals surface area contributed by atoms with Crippen LogP contribution in [0.15, 0.2) is 59.8 Å². The number of hydrogen-bond acceptors (Lipinski definition) is 5. The fourth-order valence-electron chi connectivity index (χ4n) is 2.56. The molecule has 0 aliphatic rings. The summed E-state index contributed by atoms with van der Waals surface area (Å²) < 4.78 is 11.4. The highest BCUT2D eigenvalue weighted by molar-refractivity contribution is 7.98. The lowest BCUT2D eigenvalue weighted by Gasteiger charge is -2.13. The van der Waals surface area contributed by atoms with Crippen molar-refractivity contribution in [1.29, 1.82) is 0 Å². The lowest BCUT2D eigenvalue weighted by atomic mass is 10.1. The van der Waals surface area contributed by atoms with Gasteiger partial charge in [-0.05, 0) is 36.1 Å². The first-order chi connectivity index (χ1) is 13.1. The molecule has 0 saturated heterocycles. The van der Waals surface area contributed by atoms with Gasteiger partial charge in [0, 0.05) is 11.8 Å². The van der Waals surface area contributed by atoms with Crippen molar-refractivity contribution < 1.29 is 9.47 Å². The minimum Gasteiger partial charge on any atom is -0.493 e. The van der Waals surface area contributed by atoms with E-state index in [1.54, 1.807) is 18.9 Å². The number of hydrogen-bond donors (Lipinski definition) is 0. The number of thioether (sulfide) groups is 1. The van der Waals surface area contributed by atoms with Gasteiger partial charge in [-0.3, -0.25) is 0 Å². The number of benzene rings is 2. The average Bonchev–Trinajstić information content (AvgIpc) is 2.67. The number of nitrogens with zero attached hydrogens (tertiary/aromatic N) is 2. The third kappa shape index (κ3) is 5.01. The van der Waals surface area contributed by atoms with Crippen LogP contribution in [0.3, 0.4) is 0 Å². The SMILES string of the molecule is COc1ccccc1Oc1cc(C(C)C)nc(SCc2ccccc2C)n1. The van der Waals surface area contributed by atoms with E-state index in [2.05, 4.69) is 50.0 Å². The lowest BCUT2D eigenvalue weighted by Crippen LogP contribution is -2.00. The molecular formula is C22H24N2O2S. The first-order valence-corrected chi connectivity index (χ1v) is 9.92. The van der Waals surface area contributed by atoms with Gasteiger partial charge in [0.15, 0.2) is 16.7 Å². The van der Waals surface area contributed by atoms with Gasteiger partial charge in [0.2, 0.25) is 5.88 Å². The smallest absolute Gasteiger partial charge is 0.223 e. The maximum absolute atomic E-state index is 6.02. The molecule has 0 unspecified atom stereocenters. The summed E-state index contributed by atoms with van der Waals surface area (Å²) in [6.07, 6.45) is 0. The predicted molar refractivity (Wildman–Crippen MR) is 110 cm³/mol. The third-order valence-electron chi connectivity index (χ3n) is 4.20. The second kappa shape index (κ2) is 8.91. The molecule has 2 aromatic carbocycles. The Labute approximate surface area is 165 Å². The Kier molecular flexibility index (Phi) is 6.35. The van der Waals surface area contributed by atoms with Gasteiger partial charge in [0.1, 0.15) is 0 Å². The van der Waals surface area contributed by atoms with Crippen LogP contribution in [0.4, 0.5) is 0 Å². The van der Waals surface area contributed by atoms with Crippen molar-refractivity contribution in [2.75, 3.05) is 7.11 Å². The molecule has 27 heavy (non-hydrogen) atoms. The van der Waals surface area contributed by atoms with Crippen molar-refractivity contribution in [3.8, 4) is 17.4 Å². The Balaban J connectivity index is 1.85. The van der Waals surface area contributed by atoms with E-state index in [4.69, 9.17) is 14.5 Å². The summed E-state index contributed by atoms with van der Waals surface area (Å²) in [5, 5.41) is 0.717. The number of ether oxygens (including phenoxy) is 2. The monoisotopic (exact) mass is 380 g/mol. The summed E-state index contributed by atoms with van der Waals surface area (Å²) in [6.45, 7) is 6.35. The Morgan fingerprint density at radius 2 is 1.67 bits per heavy atom. The Morgan fingerprint density at radius 1 is 0.963 bits per heavy atom. The minimum absolute atomic E-state index is 0.283. The van der Waals surface area contributed by atoms with E-state index >= 15 is 0 Å².